The fourth-order valence-electron chi connectivity index (χ4n) is 1.79. The minimum Gasteiger partial charge on any atom is -0.478 e. The van der Waals surface area contributed by atoms with Crippen molar-refractivity contribution in [1.29, 1.82) is 0 Å². The fraction of sp³-hybridized carbons (Fsp3) is 0.0714. The summed E-state index contributed by atoms with van der Waals surface area (Å²) in [6, 6.07) is 11.0. The Labute approximate surface area is 125 Å². The minimum atomic E-state index is -1.14. The predicted octanol–water partition coefficient (Wildman–Crippen LogP) is 3.76. The molecule has 0 fully saturated rings. The maximum absolute atomic E-state index is 11.2. The van der Waals surface area contributed by atoms with Crippen LogP contribution in [0.1, 0.15) is 10.4 Å². The molecule has 6 nitrogen and oxygen atoms in total. The smallest absolute Gasteiger partial charge is 0.337 e. The molecule has 0 aromatic heterocycles. The van der Waals surface area contributed by atoms with E-state index in [2.05, 4.69) is 5.32 Å². The number of carboxylic acids is 1. The minimum absolute atomic E-state index is 0.0184. The highest BCUT2D eigenvalue weighted by Crippen LogP contribution is 2.27. The number of carbonyl (C=O) groups is 1. The average molecular weight is 304 g/mol. The van der Waals surface area contributed by atoms with Gasteiger partial charge in [0.1, 0.15) is 0 Å². The molecule has 0 radical (unpaired) electrons. The lowest BCUT2D eigenvalue weighted by atomic mass is 10.1. The number of nitrogens with zero attached hydrogens (tertiary/aromatic N) is 1. The molecule has 0 aliphatic heterocycles. The highest BCUT2D eigenvalue weighted by molar-refractivity contribution is 7.98. The van der Waals surface area contributed by atoms with Gasteiger partial charge in [0.05, 0.1) is 16.2 Å². The van der Waals surface area contributed by atoms with Gasteiger partial charge < -0.3 is 10.4 Å². The molecule has 0 amide bonds. The van der Waals surface area contributed by atoms with Crippen molar-refractivity contribution in [3.8, 4) is 0 Å². The van der Waals surface area contributed by atoms with Crippen LogP contribution in [0.25, 0.3) is 0 Å². The monoisotopic (exact) mass is 304 g/mol. The Morgan fingerprint density at radius 3 is 2.67 bits per heavy atom. The molecule has 0 aliphatic carbocycles. The van der Waals surface area contributed by atoms with Gasteiger partial charge >= 0.3 is 5.97 Å². The van der Waals surface area contributed by atoms with Gasteiger partial charge in [-0.05, 0) is 30.5 Å². The van der Waals surface area contributed by atoms with Crippen LogP contribution in [0, 0.1) is 10.1 Å². The van der Waals surface area contributed by atoms with Gasteiger partial charge in [-0.3, -0.25) is 10.1 Å². The van der Waals surface area contributed by atoms with Crippen LogP contribution < -0.4 is 5.32 Å². The Morgan fingerprint density at radius 2 is 2.05 bits per heavy atom. The Bertz CT molecular complexity index is 703. The number of hydrogen-bond donors (Lipinski definition) is 2. The van der Waals surface area contributed by atoms with E-state index >= 15 is 0 Å². The maximum atomic E-state index is 11.2. The number of anilines is 2. The third kappa shape index (κ3) is 3.51. The summed E-state index contributed by atoms with van der Waals surface area (Å²) < 4.78 is 0. The lowest BCUT2D eigenvalue weighted by Crippen LogP contribution is -2.03. The Kier molecular flexibility index (Phi) is 4.44. The largest absolute Gasteiger partial charge is 0.478 e. The quantitative estimate of drug-likeness (QED) is 0.496. The van der Waals surface area contributed by atoms with Crippen LogP contribution in [0.2, 0.25) is 0 Å². The number of hydrogen-bond acceptors (Lipinski definition) is 5. The van der Waals surface area contributed by atoms with Crippen molar-refractivity contribution >= 4 is 34.8 Å². The summed E-state index contributed by atoms with van der Waals surface area (Å²) in [5.41, 5.74) is 0.679. The van der Waals surface area contributed by atoms with Crippen LogP contribution >= 0.6 is 11.8 Å². The Balaban J connectivity index is 2.42. The second-order valence-electron chi connectivity index (χ2n) is 4.15. The van der Waals surface area contributed by atoms with Gasteiger partial charge in [-0.25, -0.2) is 4.79 Å². The van der Waals surface area contributed by atoms with Crippen LogP contribution in [-0.4, -0.2) is 22.3 Å². The fourth-order valence-corrected chi connectivity index (χ4v) is 2.25. The average Bonchev–Trinajstić information content (AvgIpc) is 2.47. The third-order valence-corrected chi connectivity index (χ3v) is 3.52. The molecule has 0 saturated heterocycles. The summed E-state index contributed by atoms with van der Waals surface area (Å²) in [7, 11) is 0. The molecule has 0 saturated carbocycles. The van der Waals surface area contributed by atoms with Crippen molar-refractivity contribution in [1.82, 2.24) is 0 Å². The Morgan fingerprint density at radius 1 is 1.29 bits per heavy atom. The standard InChI is InChI=1S/C14H12N2O4S/c1-21-11-4-2-3-9(7-11)15-13-8-10(16(19)20)5-6-12(13)14(17)18/h2-8,15H,1H3,(H,17,18). The molecule has 0 heterocycles. The first kappa shape index (κ1) is 14.9. The van der Waals surface area contributed by atoms with Crippen LogP contribution in [0.15, 0.2) is 47.4 Å². The molecule has 2 aromatic rings. The number of non-ortho nitro benzene ring substituents is 1. The van der Waals surface area contributed by atoms with Gasteiger partial charge in [0, 0.05) is 22.7 Å². The highest BCUT2D eigenvalue weighted by atomic mass is 32.2. The van der Waals surface area contributed by atoms with E-state index in [1.54, 1.807) is 17.8 Å². The van der Waals surface area contributed by atoms with E-state index in [4.69, 9.17) is 5.11 Å². The molecule has 7 heteroatoms. The van der Waals surface area contributed by atoms with Crippen molar-refractivity contribution in [2.24, 2.45) is 0 Å². The molecule has 0 spiro atoms. The molecule has 2 rings (SSSR count). The van der Waals surface area contributed by atoms with Gasteiger partial charge in [-0.2, -0.15) is 0 Å². The normalized spacial score (nSPS) is 10.1. The zero-order chi connectivity index (χ0) is 15.4. The first-order valence-electron chi connectivity index (χ1n) is 5.94. The van der Waals surface area contributed by atoms with Crippen molar-refractivity contribution in [3.63, 3.8) is 0 Å². The van der Waals surface area contributed by atoms with Crippen LogP contribution in [0.4, 0.5) is 17.1 Å². The summed E-state index contributed by atoms with van der Waals surface area (Å²) in [4.78, 5) is 22.5. The molecule has 21 heavy (non-hydrogen) atoms. The second kappa shape index (κ2) is 6.27. The van der Waals surface area contributed by atoms with Gasteiger partial charge in [0.25, 0.3) is 5.69 Å². The zero-order valence-electron chi connectivity index (χ0n) is 11.1. The van der Waals surface area contributed by atoms with E-state index in [1.165, 1.54) is 18.2 Å². The molecule has 0 aliphatic rings. The van der Waals surface area contributed by atoms with E-state index in [1.807, 2.05) is 24.5 Å². The van der Waals surface area contributed by atoms with Crippen LogP contribution in [-0.2, 0) is 0 Å². The number of thioether (sulfide) groups is 1. The van der Waals surface area contributed by atoms with Gasteiger partial charge in [-0.15, -0.1) is 11.8 Å². The van der Waals surface area contributed by atoms with E-state index in [9.17, 15) is 14.9 Å². The molecule has 2 N–H and O–H groups in total. The van der Waals surface area contributed by atoms with Crippen LogP contribution in [0.3, 0.4) is 0 Å². The van der Waals surface area contributed by atoms with Gasteiger partial charge in [-0.1, -0.05) is 6.07 Å². The van der Waals surface area contributed by atoms with Crippen molar-refractivity contribution < 1.29 is 14.8 Å². The first-order valence-corrected chi connectivity index (χ1v) is 7.16. The number of nitro groups is 1. The van der Waals surface area contributed by atoms with Crippen molar-refractivity contribution in [2.75, 3.05) is 11.6 Å². The van der Waals surface area contributed by atoms with Gasteiger partial charge in [0.15, 0.2) is 0 Å². The topological polar surface area (TPSA) is 92.5 Å². The summed E-state index contributed by atoms with van der Waals surface area (Å²) in [5, 5.41) is 22.9. The first-order chi connectivity index (χ1) is 10.0. The maximum Gasteiger partial charge on any atom is 0.337 e. The lowest BCUT2D eigenvalue weighted by molar-refractivity contribution is -0.384. The summed E-state index contributed by atoms with van der Waals surface area (Å²) in [6.45, 7) is 0. The summed E-state index contributed by atoms with van der Waals surface area (Å²) in [5.74, 6) is -1.14. The molecule has 2 aromatic carbocycles. The van der Waals surface area contributed by atoms with Crippen molar-refractivity contribution in [2.45, 2.75) is 4.90 Å². The van der Waals surface area contributed by atoms with E-state index < -0.39 is 10.9 Å². The number of nitrogens with one attached hydrogen (secondary N) is 1. The number of nitro benzene ring substituents is 1. The van der Waals surface area contributed by atoms with E-state index in [0.29, 0.717) is 5.69 Å². The molecule has 0 atom stereocenters. The number of carboxylic acid groups (broad SMARTS) is 1. The number of rotatable bonds is 5. The van der Waals surface area contributed by atoms with E-state index in [0.717, 1.165) is 4.90 Å². The second-order valence-corrected chi connectivity index (χ2v) is 5.03. The van der Waals surface area contributed by atoms with Gasteiger partial charge in [0.2, 0.25) is 0 Å². The van der Waals surface area contributed by atoms with E-state index in [-0.39, 0.29) is 16.9 Å². The zero-order valence-corrected chi connectivity index (χ0v) is 11.9. The third-order valence-electron chi connectivity index (χ3n) is 2.79. The molecular weight excluding hydrogens is 292 g/mol. The lowest BCUT2D eigenvalue weighted by Gasteiger charge is -2.10. The highest BCUT2D eigenvalue weighted by Gasteiger charge is 2.15. The molecule has 0 bridgehead atoms. The SMILES string of the molecule is CSc1cccc(Nc2cc([N+](=O)[O-])ccc2C(=O)O)c1. The summed E-state index contributed by atoms with van der Waals surface area (Å²) >= 11 is 1.55. The van der Waals surface area contributed by atoms with Crippen molar-refractivity contribution in [3.05, 3.63) is 58.1 Å². The number of benzene rings is 2. The Hall–Kier alpha value is -2.54. The van der Waals surface area contributed by atoms with Crippen LogP contribution in [0.5, 0.6) is 0 Å². The molecular formula is C14H12N2O4S. The molecule has 108 valence electrons. The number of aromatic carboxylic acids is 1. The summed E-state index contributed by atoms with van der Waals surface area (Å²) in [6.07, 6.45) is 1.93. The predicted molar refractivity (Wildman–Crippen MR) is 81.6 cm³/mol. The molecule has 0 unspecified atom stereocenters.